The van der Waals surface area contributed by atoms with E-state index in [2.05, 4.69) is 39.4 Å². The van der Waals surface area contributed by atoms with Crippen LogP contribution in [0, 0.1) is 5.41 Å². The minimum atomic E-state index is -0.411. The predicted molar refractivity (Wildman–Crippen MR) is 115 cm³/mol. The van der Waals surface area contributed by atoms with E-state index in [1.165, 1.54) is 12.4 Å². The average Bonchev–Trinajstić information content (AvgIpc) is 3.39. The number of likely N-dealkylation sites (tertiary alicyclic amines) is 1. The minimum Gasteiger partial charge on any atom is -0.382 e. The smallest absolute Gasteiger partial charge is 0.274 e. The number of carbonyl (C=O) groups excluding carboxylic acids is 2. The molecule has 0 radical (unpaired) electrons. The lowest BCUT2D eigenvalue weighted by molar-refractivity contribution is -0.136. The van der Waals surface area contributed by atoms with Crippen LogP contribution >= 0.6 is 0 Å². The standard InChI is InChI=1S/C21H30N8O3/c1-21(2)5-10-32-16(21)11-17(30)28-8-3-15(4-9-28)29-13-14(26-27-29)12-25-20(31)18-19(22)24-7-6-23-18/h6-7,13,15-16H,3-5,8-12H2,1-2H3,(H2,22,24)(H,25,31). The number of piperidine rings is 1. The van der Waals surface area contributed by atoms with E-state index >= 15 is 0 Å². The Morgan fingerprint density at radius 2 is 2.00 bits per heavy atom. The molecule has 2 saturated heterocycles. The van der Waals surface area contributed by atoms with Gasteiger partial charge in [-0.3, -0.25) is 9.59 Å². The van der Waals surface area contributed by atoms with Crippen LogP contribution in [0.1, 0.15) is 61.8 Å². The van der Waals surface area contributed by atoms with Crippen LogP contribution in [0.25, 0.3) is 0 Å². The normalized spacial score (nSPS) is 20.9. The minimum absolute atomic E-state index is 0.00183. The number of nitrogens with one attached hydrogen (secondary N) is 1. The van der Waals surface area contributed by atoms with Gasteiger partial charge >= 0.3 is 0 Å². The number of carbonyl (C=O) groups is 2. The molecule has 2 aliphatic rings. The van der Waals surface area contributed by atoms with E-state index in [9.17, 15) is 9.59 Å². The van der Waals surface area contributed by atoms with Crippen LogP contribution in [0.5, 0.6) is 0 Å². The van der Waals surface area contributed by atoms with Gasteiger partial charge in [-0.25, -0.2) is 14.6 Å². The Morgan fingerprint density at radius 1 is 1.25 bits per heavy atom. The average molecular weight is 443 g/mol. The summed E-state index contributed by atoms with van der Waals surface area (Å²) >= 11 is 0. The number of nitrogen functional groups attached to an aromatic ring is 1. The van der Waals surface area contributed by atoms with E-state index in [1.807, 2.05) is 15.8 Å². The lowest BCUT2D eigenvalue weighted by Gasteiger charge is -2.33. The molecule has 4 heterocycles. The fraction of sp³-hybridized carbons (Fsp3) is 0.619. The van der Waals surface area contributed by atoms with Gasteiger partial charge in [-0.1, -0.05) is 19.1 Å². The molecule has 1 unspecified atom stereocenters. The van der Waals surface area contributed by atoms with Crippen molar-refractivity contribution in [1.29, 1.82) is 0 Å². The highest BCUT2D eigenvalue weighted by molar-refractivity contribution is 5.96. The van der Waals surface area contributed by atoms with Crippen molar-refractivity contribution in [3.63, 3.8) is 0 Å². The molecule has 0 bridgehead atoms. The second kappa shape index (κ2) is 9.19. The first-order valence-corrected chi connectivity index (χ1v) is 11.0. The van der Waals surface area contributed by atoms with Crippen LogP contribution in [0.3, 0.4) is 0 Å². The Balaban J connectivity index is 1.25. The van der Waals surface area contributed by atoms with Crippen molar-refractivity contribution in [2.75, 3.05) is 25.4 Å². The van der Waals surface area contributed by atoms with Gasteiger partial charge in [0.15, 0.2) is 11.5 Å². The zero-order chi connectivity index (χ0) is 22.7. The summed E-state index contributed by atoms with van der Waals surface area (Å²) in [6, 6.07) is 0.172. The van der Waals surface area contributed by atoms with E-state index in [1.54, 1.807) is 0 Å². The maximum Gasteiger partial charge on any atom is 0.274 e. The van der Waals surface area contributed by atoms with Gasteiger partial charge in [0, 0.05) is 32.1 Å². The molecule has 32 heavy (non-hydrogen) atoms. The number of anilines is 1. The van der Waals surface area contributed by atoms with Crippen molar-refractivity contribution in [3.05, 3.63) is 30.0 Å². The fourth-order valence-corrected chi connectivity index (χ4v) is 4.20. The number of hydrogen-bond donors (Lipinski definition) is 2. The third-order valence-electron chi connectivity index (χ3n) is 6.42. The molecular weight excluding hydrogens is 412 g/mol. The first-order chi connectivity index (χ1) is 15.3. The van der Waals surface area contributed by atoms with Crippen molar-refractivity contribution < 1.29 is 14.3 Å². The summed E-state index contributed by atoms with van der Waals surface area (Å²) in [6.07, 6.45) is 7.74. The van der Waals surface area contributed by atoms with Gasteiger partial charge in [-0.2, -0.15) is 0 Å². The number of amides is 2. The Hall–Kier alpha value is -3.08. The summed E-state index contributed by atoms with van der Waals surface area (Å²) in [6.45, 7) is 6.65. The fourth-order valence-electron chi connectivity index (χ4n) is 4.20. The van der Waals surface area contributed by atoms with Gasteiger partial charge in [-0.15, -0.1) is 5.10 Å². The molecule has 2 aliphatic heterocycles. The van der Waals surface area contributed by atoms with E-state index in [4.69, 9.17) is 10.5 Å². The predicted octanol–water partition coefficient (Wildman–Crippen LogP) is 0.949. The van der Waals surface area contributed by atoms with Crippen LogP contribution in [0.4, 0.5) is 5.82 Å². The SMILES string of the molecule is CC1(C)CCOC1CC(=O)N1CCC(n2cc(CNC(=O)c3nccnc3N)nn2)CC1. The van der Waals surface area contributed by atoms with Crippen LogP contribution in [0.15, 0.2) is 18.6 Å². The number of ether oxygens (including phenoxy) is 1. The highest BCUT2D eigenvalue weighted by Gasteiger charge is 2.38. The molecule has 2 aromatic rings. The Bertz CT molecular complexity index is 967. The zero-order valence-electron chi connectivity index (χ0n) is 18.5. The van der Waals surface area contributed by atoms with E-state index in [0.717, 1.165) is 25.9 Å². The van der Waals surface area contributed by atoms with Crippen molar-refractivity contribution in [3.8, 4) is 0 Å². The van der Waals surface area contributed by atoms with Gasteiger partial charge in [0.25, 0.3) is 5.91 Å². The van der Waals surface area contributed by atoms with E-state index in [0.29, 0.717) is 25.2 Å². The molecule has 172 valence electrons. The monoisotopic (exact) mass is 442 g/mol. The van der Waals surface area contributed by atoms with Crippen molar-refractivity contribution in [2.24, 2.45) is 5.41 Å². The summed E-state index contributed by atoms with van der Waals surface area (Å²) in [4.78, 5) is 34.7. The topological polar surface area (TPSA) is 141 Å². The lowest BCUT2D eigenvalue weighted by Crippen LogP contribution is -2.41. The van der Waals surface area contributed by atoms with Gasteiger partial charge < -0.3 is 20.7 Å². The quantitative estimate of drug-likeness (QED) is 0.673. The number of nitrogens with zero attached hydrogens (tertiary/aromatic N) is 6. The van der Waals surface area contributed by atoms with Crippen LogP contribution in [-0.4, -0.2) is 67.5 Å². The highest BCUT2D eigenvalue weighted by Crippen LogP contribution is 2.36. The lowest BCUT2D eigenvalue weighted by atomic mass is 9.84. The number of nitrogens with two attached hydrogens (primary N) is 1. The largest absolute Gasteiger partial charge is 0.382 e. The van der Waals surface area contributed by atoms with Crippen molar-refractivity contribution in [1.82, 2.24) is 35.2 Å². The van der Waals surface area contributed by atoms with Crippen LogP contribution in [0.2, 0.25) is 0 Å². The molecule has 0 spiro atoms. The molecule has 4 rings (SSSR count). The van der Waals surface area contributed by atoms with E-state index < -0.39 is 5.91 Å². The summed E-state index contributed by atoms with van der Waals surface area (Å²) in [5.74, 6) is -0.168. The second-order valence-corrected chi connectivity index (χ2v) is 9.08. The van der Waals surface area contributed by atoms with Gasteiger partial charge in [-0.05, 0) is 24.7 Å². The number of aromatic nitrogens is 5. The molecule has 2 amide bonds. The molecule has 1 atom stereocenters. The van der Waals surface area contributed by atoms with E-state index in [-0.39, 0.29) is 41.5 Å². The van der Waals surface area contributed by atoms with Gasteiger partial charge in [0.05, 0.1) is 31.3 Å². The highest BCUT2D eigenvalue weighted by atomic mass is 16.5. The molecule has 11 heteroatoms. The molecule has 11 nitrogen and oxygen atoms in total. The first-order valence-electron chi connectivity index (χ1n) is 11.0. The molecular formula is C21H30N8O3. The molecule has 0 saturated carbocycles. The molecule has 0 aromatic carbocycles. The zero-order valence-corrected chi connectivity index (χ0v) is 18.5. The maximum atomic E-state index is 12.7. The summed E-state index contributed by atoms with van der Waals surface area (Å²) in [5.41, 5.74) is 6.46. The summed E-state index contributed by atoms with van der Waals surface area (Å²) < 4.78 is 7.61. The Morgan fingerprint density at radius 3 is 2.69 bits per heavy atom. The molecule has 2 fully saturated rings. The summed E-state index contributed by atoms with van der Waals surface area (Å²) in [7, 11) is 0. The number of rotatable bonds is 6. The van der Waals surface area contributed by atoms with Crippen molar-refractivity contribution in [2.45, 2.75) is 58.2 Å². The Kier molecular flexibility index (Phi) is 6.35. The Labute approximate surface area is 186 Å². The maximum absolute atomic E-state index is 12.7. The molecule has 0 aliphatic carbocycles. The number of hydrogen-bond acceptors (Lipinski definition) is 8. The first kappa shape index (κ1) is 22.1. The summed E-state index contributed by atoms with van der Waals surface area (Å²) in [5, 5.41) is 11.1. The second-order valence-electron chi connectivity index (χ2n) is 9.08. The third kappa shape index (κ3) is 4.87. The van der Waals surface area contributed by atoms with Crippen LogP contribution < -0.4 is 11.1 Å². The third-order valence-corrected chi connectivity index (χ3v) is 6.42. The van der Waals surface area contributed by atoms with Gasteiger partial charge in [0.2, 0.25) is 5.91 Å². The molecule has 2 aromatic heterocycles. The van der Waals surface area contributed by atoms with Crippen LogP contribution in [-0.2, 0) is 16.1 Å². The van der Waals surface area contributed by atoms with Crippen molar-refractivity contribution >= 4 is 17.6 Å². The van der Waals surface area contributed by atoms with Gasteiger partial charge in [0.1, 0.15) is 5.69 Å². The molecule has 3 N–H and O–H groups in total.